The maximum Gasteiger partial charge on any atom is 0.245 e. The largest absolute Gasteiger partial charge is 0.365 e. The molecule has 1 aliphatic heterocycles. The number of nitrogens with zero attached hydrogens (tertiary/aromatic N) is 3. The molecule has 0 aliphatic carbocycles. The molecular weight excluding hydrogens is 267 g/mol. The lowest BCUT2D eigenvalue weighted by molar-refractivity contribution is -0.136. The van der Waals surface area contributed by atoms with Crippen LogP contribution in [0.2, 0.25) is 10.4 Å². The van der Waals surface area contributed by atoms with Crippen LogP contribution in [0.3, 0.4) is 0 Å². The van der Waals surface area contributed by atoms with Crippen LogP contribution in [-0.2, 0) is 9.47 Å². The highest BCUT2D eigenvalue weighted by Gasteiger charge is 2.32. The Labute approximate surface area is 109 Å². The number of nitrogens with one attached hydrogen (secondary N) is 1. The normalized spacial score (nSPS) is 22.7. The minimum Gasteiger partial charge on any atom is -0.365 e. The quantitative estimate of drug-likeness (QED) is 0.908. The Bertz CT molecular complexity index is 416. The Kier molecular flexibility index (Phi) is 3.67. The zero-order chi connectivity index (χ0) is 12.5. The van der Waals surface area contributed by atoms with Crippen LogP contribution in [0.25, 0.3) is 0 Å². The molecule has 2 rings (SSSR count). The molecule has 1 saturated heterocycles. The summed E-state index contributed by atoms with van der Waals surface area (Å²) in [6.07, 6.45) is -0.0604. The van der Waals surface area contributed by atoms with Gasteiger partial charge in [0.05, 0.1) is 6.61 Å². The summed E-state index contributed by atoms with van der Waals surface area (Å²) in [5.74, 6) is -0.155. The number of rotatable bonds is 3. The van der Waals surface area contributed by atoms with E-state index < -0.39 is 5.79 Å². The number of hydrogen-bond donors (Lipinski definition) is 1. The number of ether oxygens (including phenoxy) is 2. The van der Waals surface area contributed by atoms with Gasteiger partial charge in [0.2, 0.25) is 5.28 Å². The molecule has 0 amide bonds. The summed E-state index contributed by atoms with van der Waals surface area (Å²) in [4.78, 5) is 3.92. The van der Waals surface area contributed by atoms with E-state index in [4.69, 9.17) is 32.7 Å². The van der Waals surface area contributed by atoms with Crippen LogP contribution in [0.1, 0.15) is 13.8 Å². The van der Waals surface area contributed by atoms with Crippen molar-refractivity contribution in [2.75, 3.05) is 18.5 Å². The first-order chi connectivity index (χ1) is 7.96. The van der Waals surface area contributed by atoms with Crippen molar-refractivity contribution in [3.05, 3.63) is 10.4 Å². The van der Waals surface area contributed by atoms with E-state index in [9.17, 15) is 0 Å². The van der Waals surface area contributed by atoms with Crippen LogP contribution in [-0.4, -0.2) is 40.2 Å². The van der Waals surface area contributed by atoms with Gasteiger partial charge in [-0.2, -0.15) is 4.98 Å². The standard InChI is InChI=1S/C9H12Cl2N4O2/c1-9(2)16-4-5(17-9)3-12-7-6(10)14-15-8(11)13-7/h5H,3-4H2,1-2H3,(H,12,13,15). The van der Waals surface area contributed by atoms with Gasteiger partial charge in [0.1, 0.15) is 6.10 Å². The van der Waals surface area contributed by atoms with Crippen LogP contribution < -0.4 is 5.32 Å². The lowest BCUT2D eigenvalue weighted by Crippen LogP contribution is -2.26. The molecule has 0 aromatic carbocycles. The fraction of sp³-hybridized carbons (Fsp3) is 0.667. The van der Waals surface area contributed by atoms with Gasteiger partial charge in [0.15, 0.2) is 16.8 Å². The number of aromatic nitrogens is 3. The molecule has 8 heteroatoms. The molecule has 1 aromatic rings. The monoisotopic (exact) mass is 278 g/mol. The maximum atomic E-state index is 5.81. The van der Waals surface area contributed by atoms with Crippen LogP contribution in [0.5, 0.6) is 0 Å². The van der Waals surface area contributed by atoms with Gasteiger partial charge in [-0.3, -0.25) is 0 Å². The summed E-state index contributed by atoms with van der Waals surface area (Å²) in [7, 11) is 0. The minimum absolute atomic E-state index is 0.0424. The van der Waals surface area contributed by atoms with Crippen LogP contribution >= 0.6 is 23.2 Å². The first-order valence-corrected chi connectivity index (χ1v) is 5.83. The number of hydrogen-bond acceptors (Lipinski definition) is 6. The van der Waals surface area contributed by atoms with E-state index >= 15 is 0 Å². The van der Waals surface area contributed by atoms with Crippen molar-refractivity contribution in [3.8, 4) is 0 Å². The molecule has 6 nitrogen and oxygen atoms in total. The van der Waals surface area contributed by atoms with E-state index in [1.165, 1.54) is 0 Å². The lowest BCUT2D eigenvalue weighted by atomic mass is 10.3. The average molecular weight is 279 g/mol. The van der Waals surface area contributed by atoms with Crippen LogP contribution in [0, 0.1) is 0 Å². The van der Waals surface area contributed by atoms with Gasteiger partial charge < -0.3 is 14.8 Å². The first kappa shape index (κ1) is 12.8. The van der Waals surface area contributed by atoms with Gasteiger partial charge in [0, 0.05) is 6.54 Å². The zero-order valence-corrected chi connectivity index (χ0v) is 10.9. The third kappa shape index (κ3) is 3.38. The molecule has 1 fully saturated rings. The van der Waals surface area contributed by atoms with Gasteiger partial charge in [-0.25, -0.2) is 0 Å². The fourth-order valence-corrected chi connectivity index (χ4v) is 1.75. The molecule has 0 spiro atoms. The molecular formula is C9H12Cl2N4O2. The topological polar surface area (TPSA) is 69.2 Å². The summed E-state index contributed by atoms with van der Waals surface area (Å²) in [5, 5.41) is 10.4. The molecule has 17 heavy (non-hydrogen) atoms. The third-order valence-corrected chi connectivity index (χ3v) is 2.60. The van der Waals surface area contributed by atoms with E-state index in [2.05, 4.69) is 20.5 Å². The van der Waals surface area contributed by atoms with Crippen molar-refractivity contribution in [2.24, 2.45) is 0 Å². The van der Waals surface area contributed by atoms with Crippen LogP contribution in [0.4, 0.5) is 5.82 Å². The molecule has 0 radical (unpaired) electrons. The van der Waals surface area contributed by atoms with Crippen molar-refractivity contribution >= 4 is 29.0 Å². The summed E-state index contributed by atoms with van der Waals surface area (Å²) in [6.45, 7) is 4.76. The Morgan fingerprint density at radius 2 is 2.18 bits per heavy atom. The Morgan fingerprint density at radius 1 is 1.41 bits per heavy atom. The van der Waals surface area contributed by atoms with Crippen molar-refractivity contribution < 1.29 is 9.47 Å². The predicted octanol–water partition coefficient (Wildman–Crippen LogP) is 1.74. The highest BCUT2D eigenvalue weighted by Crippen LogP contribution is 2.23. The zero-order valence-electron chi connectivity index (χ0n) is 9.41. The summed E-state index contributed by atoms with van der Waals surface area (Å²) in [5.41, 5.74) is 0. The van der Waals surface area contributed by atoms with Gasteiger partial charge in [-0.1, -0.05) is 11.6 Å². The van der Waals surface area contributed by atoms with E-state index in [-0.39, 0.29) is 16.5 Å². The summed E-state index contributed by atoms with van der Waals surface area (Å²) >= 11 is 11.4. The predicted molar refractivity (Wildman–Crippen MR) is 63.2 cm³/mol. The Hall–Kier alpha value is -0.690. The van der Waals surface area contributed by atoms with E-state index in [1.807, 2.05) is 13.8 Å². The van der Waals surface area contributed by atoms with E-state index in [0.29, 0.717) is 19.0 Å². The maximum absolute atomic E-state index is 5.81. The molecule has 1 aliphatic rings. The number of anilines is 1. The van der Waals surface area contributed by atoms with Crippen molar-refractivity contribution in [1.82, 2.24) is 15.2 Å². The molecule has 0 bridgehead atoms. The number of halogens is 2. The Balaban J connectivity index is 1.92. The van der Waals surface area contributed by atoms with Crippen molar-refractivity contribution in [1.29, 1.82) is 0 Å². The second kappa shape index (κ2) is 4.89. The van der Waals surface area contributed by atoms with Crippen LogP contribution in [0.15, 0.2) is 0 Å². The highest BCUT2D eigenvalue weighted by atomic mass is 35.5. The van der Waals surface area contributed by atoms with E-state index in [1.54, 1.807) is 0 Å². The third-order valence-electron chi connectivity index (χ3n) is 2.18. The van der Waals surface area contributed by atoms with E-state index in [0.717, 1.165) is 0 Å². The van der Waals surface area contributed by atoms with Gasteiger partial charge in [-0.05, 0) is 25.4 Å². The SMILES string of the molecule is CC1(C)OCC(CNc2nc(Cl)nnc2Cl)O1. The smallest absolute Gasteiger partial charge is 0.245 e. The highest BCUT2D eigenvalue weighted by molar-refractivity contribution is 6.32. The average Bonchev–Trinajstić information content (AvgIpc) is 2.60. The van der Waals surface area contributed by atoms with Gasteiger partial charge in [-0.15, -0.1) is 10.2 Å². The van der Waals surface area contributed by atoms with Gasteiger partial charge >= 0.3 is 0 Å². The molecule has 1 atom stereocenters. The van der Waals surface area contributed by atoms with Crippen molar-refractivity contribution in [2.45, 2.75) is 25.7 Å². The molecule has 1 unspecified atom stereocenters. The summed E-state index contributed by atoms with van der Waals surface area (Å²) < 4.78 is 11.0. The van der Waals surface area contributed by atoms with Crippen molar-refractivity contribution in [3.63, 3.8) is 0 Å². The molecule has 1 N–H and O–H groups in total. The second-order valence-corrected chi connectivity index (χ2v) is 4.75. The molecule has 94 valence electrons. The minimum atomic E-state index is -0.544. The summed E-state index contributed by atoms with van der Waals surface area (Å²) in [6, 6.07) is 0. The molecule has 0 saturated carbocycles. The molecule has 1 aromatic heterocycles. The van der Waals surface area contributed by atoms with Gasteiger partial charge in [0.25, 0.3) is 0 Å². The first-order valence-electron chi connectivity index (χ1n) is 5.08. The fourth-order valence-electron chi connectivity index (χ4n) is 1.48. The Morgan fingerprint density at radius 3 is 2.82 bits per heavy atom. The second-order valence-electron chi connectivity index (χ2n) is 4.05. The lowest BCUT2D eigenvalue weighted by Gasteiger charge is -2.17. The molecule has 2 heterocycles.